The molecular formula is C28H26F3N7O3S. The van der Waals surface area contributed by atoms with Crippen molar-refractivity contribution in [2.45, 2.75) is 51.3 Å². The van der Waals surface area contributed by atoms with Crippen molar-refractivity contribution in [1.29, 1.82) is 0 Å². The zero-order valence-electron chi connectivity index (χ0n) is 22.3. The van der Waals surface area contributed by atoms with E-state index in [-0.39, 0.29) is 29.8 Å². The van der Waals surface area contributed by atoms with E-state index in [1.807, 2.05) is 0 Å². The number of aryl methyl sites for hydroxylation is 2. The van der Waals surface area contributed by atoms with Crippen molar-refractivity contribution in [1.82, 2.24) is 25.4 Å². The van der Waals surface area contributed by atoms with Gasteiger partial charge in [0.15, 0.2) is 5.82 Å². The summed E-state index contributed by atoms with van der Waals surface area (Å²) >= 11 is 1.40. The van der Waals surface area contributed by atoms with E-state index in [9.17, 15) is 22.8 Å². The number of alkyl halides is 3. The Bertz CT molecular complexity index is 1510. The highest BCUT2D eigenvalue weighted by atomic mass is 32.1. The molecule has 1 N–H and O–H groups in total. The van der Waals surface area contributed by atoms with Gasteiger partial charge in [-0.1, -0.05) is 23.5 Å². The molecule has 42 heavy (non-hydrogen) atoms. The molecule has 1 aliphatic rings. The maximum atomic E-state index is 12.9. The molecule has 218 valence electrons. The summed E-state index contributed by atoms with van der Waals surface area (Å²) in [6.45, 7) is 0. The highest BCUT2D eigenvalue weighted by Crippen LogP contribution is 2.37. The van der Waals surface area contributed by atoms with Crippen molar-refractivity contribution < 1.29 is 27.5 Å². The molecule has 10 nitrogen and oxygen atoms in total. The quantitative estimate of drug-likeness (QED) is 0.214. The van der Waals surface area contributed by atoms with Crippen LogP contribution in [0, 0.1) is 5.92 Å². The normalized spacial score (nSPS) is 13.0. The predicted octanol–water partition coefficient (Wildman–Crippen LogP) is 5.44. The largest absolute Gasteiger partial charge is 0.573 e. The number of amides is 2. The molecule has 1 aliphatic carbocycles. The number of unbranched alkanes of at least 4 members (excludes halogenated alkanes) is 1. The number of hydrogen-bond acceptors (Lipinski definition) is 9. The molecule has 0 unspecified atom stereocenters. The first kappa shape index (κ1) is 29.0. The van der Waals surface area contributed by atoms with Crippen LogP contribution in [0.4, 0.5) is 29.8 Å². The Labute approximate surface area is 243 Å². The summed E-state index contributed by atoms with van der Waals surface area (Å²) < 4.78 is 41.2. The van der Waals surface area contributed by atoms with E-state index >= 15 is 0 Å². The second-order valence-corrected chi connectivity index (χ2v) is 10.7. The SMILES string of the molecule is O=C(Cc1cccc(OC(F)(F)F)c1)Nc1ccc(CCCCc2nnc(N(C(=O)C3CC3)c3ccncc3)s2)nn1. The van der Waals surface area contributed by atoms with Crippen LogP contribution in [-0.2, 0) is 28.9 Å². The van der Waals surface area contributed by atoms with Crippen molar-refractivity contribution in [2.75, 3.05) is 10.2 Å². The zero-order valence-corrected chi connectivity index (χ0v) is 23.1. The second-order valence-electron chi connectivity index (χ2n) is 9.67. The van der Waals surface area contributed by atoms with Crippen LogP contribution < -0.4 is 15.0 Å². The minimum absolute atomic E-state index is 0.0325. The van der Waals surface area contributed by atoms with Gasteiger partial charge in [0.25, 0.3) is 0 Å². The van der Waals surface area contributed by atoms with E-state index in [0.29, 0.717) is 23.5 Å². The van der Waals surface area contributed by atoms with Gasteiger partial charge in [-0.15, -0.1) is 28.5 Å². The highest BCUT2D eigenvalue weighted by Gasteiger charge is 2.36. The molecule has 2 amide bonds. The lowest BCUT2D eigenvalue weighted by atomic mass is 10.1. The number of ether oxygens (including phenoxy) is 1. The number of carbonyl (C=O) groups is 2. The first-order valence-electron chi connectivity index (χ1n) is 13.3. The van der Waals surface area contributed by atoms with Gasteiger partial charge in [-0.25, -0.2) is 0 Å². The topological polar surface area (TPSA) is 123 Å². The maximum Gasteiger partial charge on any atom is 0.573 e. The van der Waals surface area contributed by atoms with Gasteiger partial charge >= 0.3 is 6.36 Å². The van der Waals surface area contributed by atoms with E-state index in [0.717, 1.165) is 48.1 Å². The predicted molar refractivity (Wildman–Crippen MR) is 148 cm³/mol. The molecule has 5 rings (SSSR count). The fourth-order valence-corrected chi connectivity index (χ4v) is 5.05. The van der Waals surface area contributed by atoms with Crippen LogP contribution in [0.3, 0.4) is 0 Å². The maximum absolute atomic E-state index is 12.9. The van der Waals surface area contributed by atoms with Gasteiger partial charge in [0, 0.05) is 24.7 Å². The summed E-state index contributed by atoms with van der Waals surface area (Å²) in [5, 5.41) is 20.8. The fraction of sp³-hybridized carbons (Fsp3) is 0.321. The summed E-state index contributed by atoms with van der Waals surface area (Å²) in [6.07, 6.45) is 3.14. The molecule has 1 saturated carbocycles. The molecule has 4 aromatic rings. The average Bonchev–Trinajstić information content (AvgIpc) is 3.71. The first-order valence-corrected chi connectivity index (χ1v) is 14.1. The average molecular weight is 598 g/mol. The van der Waals surface area contributed by atoms with E-state index in [4.69, 9.17) is 0 Å². The van der Waals surface area contributed by atoms with E-state index in [1.165, 1.54) is 29.5 Å². The molecule has 3 aromatic heterocycles. The molecule has 3 heterocycles. The number of benzene rings is 1. The molecule has 0 bridgehead atoms. The van der Waals surface area contributed by atoms with Crippen molar-refractivity contribution in [2.24, 2.45) is 5.92 Å². The molecular weight excluding hydrogens is 571 g/mol. The monoisotopic (exact) mass is 597 g/mol. The van der Waals surface area contributed by atoms with Gasteiger partial charge < -0.3 is 10.1 Å². The number of anilines is 3. The summed E-state index contributed by atoms with van der Waals surface area (Å²) in [5.41, 5.74) is 1.84. The van der Waals surface area contributed by atoms with E-state index in [2.05, 4.69) is 35.4 Å². The molecule has 1 aromatic carbocycles. The smallest absolute Gasteiger partial charge is 0.406 e. The molecule has 0 spiro atoms. The van der Waals surface area contributed by atoms with Gasteiger partial charge in [-0.05, 0) is 74.1 Å². The summed E-state index contributed by atoms with van der Waals surface area (Å²) in [6, 6.07) is 12.2. The highest BCUT2D eigenvalue weighted by molar-refractivity contribution is 7.15. The third-order valence-corrected chi connectivity index (χ3v) is 7.24. The van der Waals surface area contributed by atoms with Crippen LogP contribution in [0.15, 0.2) is 60.9 Å². The minimum atomic E-state index is -4.81. The minimum Gasteiger partial charge on any atom is -0.406 e. The third kappa shape index (κ3) is 8.28. The molecule has 1 fully saturated rings. The Hall–Kier alpha value is -4.46. The molecule has 0 aliphatic heterocycles. The Morgan fingerprint density at radius 1 is 0.976 bits per heavy atom. The van der Waals surface area contributed by atoms with E-state index < -0.39 is 12.3 Å². The third-order valence-electron chi connectivity index (χ3n) is 6.27. The van der Waals surface area contributed by atoms with Crippen LogP contribution in [0.5, 0.6) is 5.75 Å². The van der Waals surface area contributed by atoms with Gasteiger partial charge in [0.1, 0.15) is 10.8 Å². The Morgan fingerprint density at radius 2 is 1.76 bits per heavy atom. The van der Waals surface area contributed by atoms with Gasteiger partial charge in [0.2, 0.25) is 16.9 Å². The molecule has 0 radical (unpaired) electrons. The molecule has 0 saturated heterocycles. The van der Waals surface area contributed by atoms with Crippen LogP contribution >= 0.6 is 11.3 Å². The van der Waals surface area contributed by atoms with Gasteiger partial charge in [0.05, 0.1) is 17.8 Å². The lowest BCUT2D eigenvalue weighted by Crippen LogP contribution is -2.27. The summed E-state index contributed by atoms with van der Waals surface area (Å²) in [4.78, 5) is 30.9. The summed E-state index contributed by atoms with van der Waals surface area (Å²) in [7, 11) is 0. The number of aromatic nitrogens is 5. The molecule has 0 atom stereocenters. The van der Waals surface area contributed by atoms with Crippen molar-refractivity contribution in [3.05, 3.63) is 77.2 Å². The number of rotatable bonds is 12. The number of nitrogens with one attached hydrogen (secondary N) is 1. The molecule has 14 heteroatoms. The standard InChI is InChI=1S/C28H26F3N7O3S/c29-28(30,31)41-22-6-3-4-18(16-22)17-24(39)33-23-11-10-20(34-35-23)5-1-2-7-25-36-37-27(42-25)38(26(40)19-8-9-19)21-12-14-32-15-13-21/h3-4,6,10-16,19H,1-2,5,7-9,17H2,(H,33,35,39). The van der Waals surface area contributed by atoms with Gasteiger partial charge in [-0.3, -0.25) is 19.5 Å². The number of hydrogen-bond donors (Lipinski definition) is 1. The number of carbonyl (C=O) groups excluding carboxylic acids is 2. The number of nitrogens with zero attached hydrogens (tertiary/aromatic N) is 6. The van der Waals surface area contributed by atoms with Crippen molar-refractivity contribution in [3.8, 4) is 5.75 Å². The lowest BCUT2D eigenvalue weighted by molar-refractivity contribution is -0.274. The summed E-state index contributed by atoms with van der Waals surface area (Å²) in [5.74, 6) is -0.526. The van der Waals surface area contributed by atoms with Gasteiger partial charge in [-0.2, -0.15) is 5.10 Å². The van der Waals surface area contributed by atoms with Crippen LogP contribution in [0.25, 0.3) is 0 Å². The van der Waals surface area contributed by atoms with Crippen molar-refractivity contribution in [3.63, 3.8) is 0 Å². The number of pyridine rings is 1. The second kappa shape index (κ2) is 13.0. The van der Waals surface area contributed by atoms with E-state index in [1.54, 1.807) is 41.6 Å². The Balaban J connectivity index is 1.07. The zero-order chi connectivity index (χ0) is 29.5. The van der Waals surface area contributed by atoms with Crippen LogP contribution in [-0.4, -0.2) is 43.6 Å². The number of halogens is 3. The van der Waals surface area contributed by atoms with Crippen LogP contribution in [0.1, 0.15) is 41.9 Å². The first-order chi connectivity index (χ1) is 20.2. The Kier molecular flexibility index (Phi) is 9.00. The van der Waals surface area contributed by atoms with Crippen molar-refractivity contribution >= 4 is 39.8 Å². The van der Waals surface area contributed by atoms with Crippen LogP contribution in [0.2, 0.25) is 0 Å². The fourth-order valence-electron chi connectivity index (χ4n) is 4.14. The Morgan fingerprint density at radius 3 is 2.48 bits per heavy atom. The lowest BCUT2D eigenvalue weighted by Gasteiger charge is -2.18.